The Bertz CT molecular complexity index is 482. The molecule has 0 aromatic heterocycles. The van der Waals surface area contributed by atoms with E-state index in [9.17, 15) is 4.79 Å². The zero-order chi connectivity index (χ0) is 14.5. The van der Waals surface area contributed by atoms with Gasteiger partial charge in [0.05, 0.1) is 16.1 Å². The largest absolute Gasteiger partial charge is 0.378 e. The molecule has 0 bridgehead atoms. The average molecular weight is 317 g/mol. The van der Waals surface area contributed by atoms with Crippen molar-refractivity contribution in [3.8, 4) is 0 Å². The van der Waals surface area contributed by atoms with Crippen molar-refractivity contribution in [2.45, 2.75) is 25.9 Å². The van der Waals surface area contributed by atoms with E-state index in [2.05, 4.69) is 17.6 Å². The lowest BCUT2D eigenvalue weighted by Gasteiger charge is -2.27. The van der Waals surface area contributed by atoms with Crippen LogP contribution in [0.4, 0.5) is 10.5 Å². The van der Waals surface area contributed by atoms with Crippen LogP contribution >= 0.6 is 23.2 Å². The zero-order valence-electron chi connectivity index (χ0n) is 11.3. The molecule has 0 unspecified atom stereocenters. The molecule has 1 aromatic carbocycles. The monoisotopic (exact) mass is 316 g/mol. The summed E-state index contributed by atoms with van der Waals surface area (Å²) in [4.78, 5) is 11.8. The van der Waals surface area contributed by atoms with E-state index in [4.69, 9.17) is 27.9 Å². The molecule has 4 nitrogen and oxygen atoms in total. The fraction of sp³-hybridized carbons (Fsp3) is 0.500. The number of urea groups is 1. The minimum absolute atomic E-state index is 0.234. The summed E-state index contributed by atoms with van der Waals surface area (Å²) in [6, 6.07) is 4.76. The van der Waals surface area contributed by atoms with Crippen LogP contribution in [0.1, 0.15) is 19.8 Å². The first-order chi connectivity index (χ1) is 9.54. The third-order valence-electron chi connectivity index (χ3n) is 3.32. The lowest BCUT2D eigenvalue weighted by atomic mass is 9.96. The second kappa shape index (κ2) is 7.16. The fourth-order valence-corrected chi connectivity index (χ4v) is 2.56. The molecule has 2 N–H and O–H groups in total. The van der Waals surface area contributed by atoms with Gasteiger partial charge in [-0.25, -0.2) is 4.79 Å². The fourth-order valence-electron chi connectivity index (χ4n) is 2.26. The van der Waals surface area contributed by atoms with Gasteiger partial charge in [0.1, 0.15) is 0 Å². The lowest BCUT2D eigenvalue weighted by Crippen LogP contribution is -2.36. The van der Waals surface area contributed by atoms with Gasteiger partial charge in [0.2, 0.25) is 0 Å². The van der Waals surface area contributed by atoms with Gasteiger partial charge in [0, 0.05) is 18.8 Å². The molecule has 2 amide bonds. The van der Waals surface area contributed by atoms with Gasteiger partial charge in [-0.3, -0.25) is 0 Å². The number of nitrogens with one attached hydrogen (secondary N) is 2. The smallest absolute Gasteiger partial charge is 0.319 e. The number of hydrogen-bond donors (Lipinski definition) is 2. The van der Waals surface area contributed by atoms with Crippen molar-refractivity contribution in [3.63, 3.8) is 0 Å². The Kier molecular flexibility index (Phi) is 5.52. The Balaban J connectivity index is 1.78. The van der Waals surface area contributed by atoms with E-state index >= 15 is 0 Å². The van der Waals surface area contributed by atoms with Crippen LogP contribution in [0.2, 0.25) is 10.0 Å². The first kappa shape index (κ1) is 15.4. The molecule has 1 aliphatic heterocycles. The maximum absolute atomic E-state index is 11.8. The maximum atomic E-state index is 11.8. The second-order valence-corrected chi connectivity index (χ2v) is 5.85. The summed E-state index contributed by atoms with van der Waals surface area (Å²) in [7, 11) is 0. The first-order valence-electron chi connectivity index (χ1n) is 6.66. The molecule has 20 heavy (non-hydrogen) atoms. The predicted octanol–water partition coefficient (Wildman–Crippen LogP) is 3.93. The molecule has 0 spiro atoms. The quantitative estimate of drug-likeness (QED) is 0.887. The summed E-state index contributed by atoms with van der Waals surface area (Å²) in [6.07, 6.45) is 2.23. The van der Waals surface area contributed by atoms with Gasteiger partial charge in [-0.1, -0.05) is 23.2 Å². The third kappa shape index (κ3) is 4.54. The number of ether oxygens (including phenoxy) is 1. The molecule has 6 heteroatoms. The van der Waals surface area contributed by atoms with E-state index in [0.717, 1.165) is 19.4 Å². The lowest BCUT2D eigenvalue weighted by molar-refractivity contribution is 0.00354. The molecule has 2 atom stereocenters. The van der Waals surface area contributed by atoms with Gasteiger partial charge < -0.3 is 15.4 Å². The van der Waals surface area contributed by atoms with E-state index in [1.807, 2.05) is 0 Å². The summed E-state index contributed by atoms with van der Waals surface area (Å²) in [5, 5.41) is 6.50. The van der Waals surface area contributed by atoms with Gasteiger partial charge in [0.15, 0.2) is 0 Å². The Morgan fingerprint density at radius 1 is 1.40 bits per heavy atom. The normalized spacial score (nSPS) is 22.4. The predicted molar refractivity (Wildman–Crippen MR) is 81.6 cm³/mol. The molecule has 0 aliphatic carbocycles. The van der Waals surface area contributed by atoms with E-state index in [0.29, 0.717) is 28.2 Å². The summed E-state index contributed by atoms with van der Waals surface area (Å²) in [5.74, 6) is 0.471. The van der Waals surface area contributed by atoms with Crippen LogP contribution < -0.4 is 10.6 Å². The average Bonchev–Trinajstić information content (AvgIpc) is 2.41. The van der Waals surface area contributed by atoms with E-state index in [1.165, 1.54) is 0 Å². The summed E-state index contributed by atoms with van der Waals surface area (Å²) in [5.41, 5.74) is 0.622. The summed E-state index contributed by atoms with van der Waals surface area (Å²) in [6.45, 7) is 3.48. The van der Waals surface area contributed by atoms with Gasteiger partial charge in [-0.05, 0) is 43.9 Å². The molecule has 2 rings (SSSR count). The van der Waals surface area contributed by atoms with Crippen molar-refractivity contribution in [3.05, 3.63) is 28.2 Å². The van der Waals surface area contributed by atoms with E-state index in [-0.39, 0.29) is 12.1 Å². The number of anilines is 1. The molecule has 1 saturated heterocycles. The highest BCUT2D eigenvalue weighted by Gasteiger charge is 2.19. The van der Waals surface area contributed by atoms with Crippen molar-refractivity contribution in [2.24, 2.45) is 5.92 Å². The third-order valence-corrected chi connectivity index (χ3v) is 4.06. The number of halogens is 2. The second-order valence-electron chi connectivity index (χ2n) is 5.04. The molecule has 110 valence electrons. The van der Waals surface area contributed by atoms with Crippen LogP contribution in [-0.2, 0) is 4.74 Å². The van der Waals surface area contributed by atoms with E-state index in [1.54, 1.807) is 18.2 Å². The first-order valence-corrected chi connectivity index (χ1v) is 7.41. The molecule has 0 radical (unpaired) electrons. The molecule has 1 fully saturated rings. The number of benzene rings is 1. The summed E-state index contributed by atoms with van der Waals surface area (Å²) < 4.78 is 5.48. The van der Waals surface area contributed by atoms with Crippen molar-refractivity contribution in [2.75, 3.05) is 18.5 Å². The Morgan fingerprint density at radius 3 is 2.90 bits per heavy atom. The van der Waals surface area contributed by atoms with Gasteiger partial charge in [-0.2, -0.15) is 0 Å². The number of carbonyl (C=O) groups excluding carboxylic acids is 1. The highest BCUT2D eigenvalue weighted by atomic mass is 35.5. The van der Waals surface area contributed by atoms with Crippen LogP contribution in [0.5, 0.6) is 0 Å². The summed E-state index contributed by atoms with van der Waals surface area (Å²) >= 11 is 11.7. The molecule has 1 heterocycles. The number of carbonyl (C=O) groups is 1. The van der Waals surface area contributed by atoms with E-state index < -0.39 is 0 Å². The minimum atomic E-state index is -0.234. The highest BCUT2D eigenvalue weighted by molar-refractivity contribution is 6.42. The van der Waals surface area contributed by atoms with Gasteiger partial charge in [0.25, 0.3) is 0 Å². The topological polar surface area (TPSA) is 50.4 Å². The van der Waals surface area contributed by atoms with Crippen LogP contribution in [-0.4, -0.2) is 25.3 Å². The minimum Gasteiger partial charge on any atom is -0.378 e. The molecular weight excluding hydrogens is 299 g/mol. The highest BCUT2D eigenvalue weighted by Crippen LogP contribution is 2.25. The van der Waals surface area contributed by atoms with Crippen LogP contribution in [0, 0.1) is 5.92 Å². The van der Waals surface area contributed by atoms with Crippen molar-refractivity contribution >= 4 is 34.9 Å². The SMILES string of the molecule is C[C@@H]1C[C@@H](CNC(=O)Nc2ccc(Cl)c(Cl)c2)CCO1. The van der Waals surface area contributed by atoms with Crippen LogP contribution in [0.3, 0.4) is 0 Å². The molecular formula is C14H18Cl2N2O2. The van der Waals surface area contributed by atoms with Gasteiger partial charge in [-0.15, -0.1) is 0 Å². The Labute approximate surface area is 128 Å². The zero-order valence-corrected chi connectivity index (χ0v) is 12.8. The van der Waals surface area contributed by atoms with Crippen molar-refractivity contribution in [1.29, 1.82) is 0 Å². The Hall–Kier alpha value is -0.970. The molecule has 0 saturated carbocycles. The van der Waals surface area contributed by atoms with Crippen molar-refractivity contribution < 1.29 is 9.53 Å². The molecule has 1 aromatic rings. The van der Waals surface area contributed by atoms with Crippen LogP contribution in [0.15, 0.2) is 18.2 Å². The van der Waals surface area contributed by atoms with Crippen LogP contribution in [0.25, 0.3) is 0 Å². The van der Waals surface area contributed by atoms with Crippen molar-refractivity contribution in [1.82, 2.24) is 5.32 Å². The number of hydrogen-bond acceptors (Lipinski definition) is 2. The number of amides is 2. The molecule has 1 aliphatic rings. The standard InChI is InChI=1S/C14H18Cl2N2O2/c1-9-6-10(4-5-20-9)8-17-14(19)18-11-2-3-12(15)13(16)7-11/h2-3,7,9-10H,4-6,8H2,1H3,(H2,17,18,19)/t9-,10+/m1/s1. The van der Waals surface area contributed by atoms with Gasteiger partial charge >= 0.3 is 6.03 Å². The maximum Gasteiger partial charge on any atom is 0.319 e. The Morgan fingerprint density at radius 2 is 2.20 bits per heavy atom. The number of rotatable bonds is 3.